The number of carbonyl (C=O) groups excluding carboxylic acids is 1. The van der Waals surface area contributed by atoms with Crippen LogP contribution >= 0.6 is 0 Å². The van der Waals surface area contributed by atoms with Crippen LogP contribution in [0.5, 0.6) is 0 Å². The molecule has 0 spiro atoms. The van der Waals surface area contributed by atoms with Gasteiger partial charge in [-0.3, -0.25) is 9.36 Å². The Hall–Kier alpha value is -2.57. The van der Waals surface area contributed by atoms with E-state index in [0.29, 0.717) is 25.1 Å². The normalized spacial score (nSPS) is 17.2. The van der Waals surface area contributed by atoms with Crippen molar-refractivity contribution >= 4 is 5.91 Å². The number of halogens is 2. The van der Waals surface area contributed by atoms with Crippen molar-refractivity contribution in [2.75, 3.05) is 13.1 Å². The third kappa shape index (κ3) is 3.84. The first-order valence-electron chi connectivity index (χ1n) is 7.75. The monoisotopic (exact) mass is 333 g/mol. The third-order valence-electron chi connectivity index (χ3n) is 4.17. The number of rotatable bonds is 4. The minimum atomic E-state index is -0.591. The standard InChI is InChI=1S/C17H17F2N3O2/c18-14-7-13(8-15(19)9-14)6-12-2-5-21(10-12)16(23)11-22-4-1-3-20-17(22)24/h1,3-4,7-9,12H,2,5-6,10-11H2. The van der Waals surface area contributed by atoms with Crippen LogP contribution in [-0.2, 0) is 17.8 Å². The third-order valence-corrected chi connectivity index (χ3v) is 4.17. The van der Waals surface area contributed by atoms with Crippen LogP contribution in [0, 0.1) is 17.6 Å². The van der Waals surface area contributed by atoms with Crippen LogP contribution in [0.2, 0.25) is 0 Å². The SMILES string of the molecule is O=C(Cn1cccnc1=O)N1CCC(Cc2cc(F)cc(F)c2)C1. The molecule has 0 bridgehead atoms. The maximum atomic E-state index is 13.2. The number of hydrogen-bond acceptors (Lipinski definition) is 3. The quantitative estimate of drug-likeness (QED) is 0.854. The maximum Gasteiger partial charge on any atom is 0.347 e. The number of aromatic nitrogens is 2. The molecule has 1 fully saturated rings. The fourth-order valence-electron chi connectivity index (χ4n) is 3.04. The van der Waals surface area contributed by atoms with Crippen molar-refractivity contribution in [3.8, 4) is 0 Å². The van der Waals surface area contributed by atoms with Crippen molar-refractivity contribution in [1.82, 2.24) is 14.5 Å². The molecule has 2 heterocycles. The molecule has 1 aliphatic heterocycles. The first-order chi connectivity index (χ1) is 11.5. The van der Waals surface area contributed by atoms with E-state index in [-0.39, 0.29) is 18.4 Å². The molecule has 126 valence electrons. The summed E-state index contributed by atoms with van der Waals surface area (Å²) in [4.78, 5) is 29.1. The average Bonchev–Trinajstić information content (AvgIpc) is 2.97. The molecule has 0 radical (unpaired) electrons. The molecule has 1 aliphatic rings. The highest BCUT2D eigenvalue weighted by Gasteiger charge is 2.26. The van der Waals surface area contributed by atoms with Crippen LogP contribution in [-0.4, -0.2) is 33.4 Å². The van der Waals surface area contributed by atoms with Crippen molar-refractivity contribution in [1.29, 1.82) is 0 Å². The highest BCUT2D eigenvalue weighted by Crippen LogP contribution is 2.22. The van der Waals surface area contributed by atoms with E-state index in [2.05, 4.69) is 4.98 Å². The van der Waals surface area contributed by atoms with Gasteiger partial charge < -0.3 is 4.90 Å². The van der Waals surface area contributed by atoms with Crippen LogP contribution in [0.3, 0.4) is 0 Å². The minimum Gasteiger partial charge on any atom is -0.341 e. The van der Waals surface area contributed by atoms with Crippen LogP contribution in [0.15, 0.2) is 41.5 Å². The number of benzene rings is 1. The summed E-state index contributed by atoms with van der Waals surface area (Å²) in [7, 11) is 0. The number of amides is 1. The zero-order chi connectivity index (χ0) is 17.1. The Labute approximate surface area is 137 Å². The molecular weight excluding hydrogens is 316 g/mol. The van der Waals surface area contributed by atoms with Gasteiger partial charge in [0.25, 0.3) is 0 Å². The summed E-state index contributed by atoms with van der Waals surface area (Å²) < 4.78 is 27.7. The molecule has 1 aromatic carbocycles. The van der Waals surface area contributed by atoms with E-state index in [1.165, 1.54) is 29.1 Å². The van der Waals surface area contributed by atoms with Gasteiger partial charge in [-0.2, -0.15) is 0 Å². The Kier molecular flexibility index (Phi) is 4.69. The van der Waals surface area contributed by atoms with E-state index in [4.69, 9.17) is 0 Å². The van der Waals surface area contributed by atoms with E-state index in [0.717, 1.165) is 12.5 Å². The van der Waals surface area contributed by atoms with Gasteiger partial charge in [0.05, 0.1) is 0 Å². The lowest BCUT2D eigenvalue weighted by Crippen LogP contribution is -2.35. The summed E-state index contributed by atoms with van der Waals surface area (Å²) in [5, 5.41) is 0. The summed E-state index contributed by atoms with van der Waals surface area (Å²) in [6.07, 6.45) is 4.20. The molecule has 1 atom stereocenters. The van der Waals surface area contributed by atoms with Gasteiger partial charge in [-0.1, -0.05) is 0 Å². The molecule has 1 unspecified atom stereocenters. The lowest BCUT2D eigenvalue weighted by Gasteiger charge is -2.17. The van der Waals surface area contributed by atoms with Crippen LogP contribution in [0.1, 0.15) is 12.0 Å². The van der Waals surface area contributed by atoms with Gasteiger partial charge in [-0.25, -0.2) is 18.6 Å². The van der Waals surface area contributed by atoms with E-state index < -0.39 is 17.3 Å². The van der Waals surface area contributed by atoms with Crippen molar-refractivity contribution in [3.63, 3.8) is 0 Å². The van der Waals surface area contributed by atoms with E-state index in [1.54, 1.807) is 11.0 Å². The zero-order valence-electron chi connectivity index (χ0n) is 13.0. The lowest BCUT2D eigenvalue weighted by atomic mass is 9.98. The second-order valence-corrected chi connectivity index (χ2v) is 6.01. The van der Waals surface area contributed by atoms with Crippen molar-refractivity contribution in [3.05, 3.63) is 64.3 Å². The smallest absolute Gasteiger partial charge is 0.341 e. The zero-order valence-corrected chi connectivity index (χ0v) is 13.0. The molecule has 1 aromatic heterocycles. The summed E-state index contributed by atoms with van der Waals surface area (Å²) in [6, 6.07) is 5.09. The summed E-state index contributed by atoms with van der Waals surface area (Å²) >= 11 is 0. The lowest BCUT2D eigenvalue weighted by molar-refractivity contribution is -0.131. The molecule has 7 heteroatoms. The second kappa shape index (κ2) is 6.90. The van der Waals surface area contributed by atoms with E-state index >= 15 is 0 Å². The first-order valence-corrected chi connectivity index (χ1v) is 7.75. The highest BCUT2D eigenvalue weighted by molar-refractivity contribution is 5.76. The van der Waals surface area contributed by atoms with Gasteiger partial charge >= 0.3 is 5.69 Å². The summed E-state index contributed by atoms with van der Waals surface area (Å²) in [5.74, 6) is -1.18. The molecule has 0 saturated carbocycles. The molecule has 3 rings (SSSR count). The predicted octanol–water partition coefficient (Wildman–Crippen LogP) is 1.61. The molecule has 0 aliphatic carbocycles. The van der Waals surface area contributed by atoms with Crippen LogP contribution in [0.25, 0.3) is 0 Å². The number of hydrogen-bond donors (Lipinski definition) is 0. The molecule has 1 amide bonds. The van der Waals surface area contributed by atoms with Gasteiger partial charge in [-0.15, -0.1) is 0 Å². The largest absolute Gasteiger partial charge is 0.347 e. The highest BCUT2D eigenvalue weighted by atomic mass is 19.1. The Balaban J connectivity index is 1.59. The van der Waals surface area contributed by atoms with Crippen LogP contribution in [0.4, 0.5) is 8.78 Å². The van der Waals surface area contributed by atoms with Crippen molar-refractivity contribution < 1.29 is 13.6 Å². The van der Waals surface area contributed by atoms with Crippen molar-refractivity contribution in [2.24, 2.45) is 5.92 Å². The Bertz CT molecular complexity index is 786. The van der Waals surface area contributed by atoms with E-state index in [1.807, 2.05) is 0 Å². The van der Waals surface area contributed by atoms with Crippen molar-refractivity contribution in [2.45, 2.75) is 19.4 Å². The predicted molar refractivity (Wildman–Crippen MR) is 83.2 cm³/mol. The number of likely N-dealkylation sites (tertiary alicyclic amines) is 1. The Morgan fingerprint density at radius 2 is 2.00 bits per heavy atom. The van der Waals surface area contributed by atoms with Gasteiger partial charge in [0.2, 0.25) is 5.91 Å². The second-order valence-electron chi connectivity index (χ2n) is 6.01. The summed E-state index contributed by atoms with van der Waals surface area (Å²) in [5.41, 5.74) is 0.132. The molecule has 1 saturated heterocycles. The van der Waals surface area contributed by atoms with Crippen LogP contribution < -0.4 is 5.69 Å². The topological polar surface area (TPSA) is 55.2 Å². The Morgan fingerprint density at radius 3 is 2.71 bits per heavy atom. The maximum absolute atomic E-state index is 13.2. The first kappa shape index (κ1) is 16.3. The van der Waals surface area contributed by atoms with Gasteiger partial charge in [0, 0.05) is 31.5 Å². The molecule has 5 nitrogen and oxygen atoms in total. The van der Waals surface area contributed by atoms with Gasteiger partial charge in [0.1, 0.15) is 18.2 Å². The molecular formula is C17H17F2N3O2. The molecule has 2 aromatic rings. The minimum absolute atomic E-state index is 0.0476. The number of carbonyl (C=O) groups is 1. The fourth-order valence-corrected chi connectivity index (χ4v) is 3.04. The number of nitrogens with zero attached hydrogens (tertiary/aromatic N) is 3. The van der Waals surface area contributed by atoms with E-state index in [9.17, 15) is 18.4 Å². The average molecular weight is 333 g/mol. The molecule has 0 N–H and O–H groups in total. The van der Waals surface area contributed by atoms with Gasteiger partial charge in [0.15, 0.2) is 0 Å². The summed E-state index contributed by atoms with van der Waals surface area (Å²) in [6.45, 7) is 1.05. The van der Waals surface area contributed by atoms with Gasteiger partial charge in [-0.05, 0) is 42.5 Å². The molecule has 24 heavy (non-hydrogen) atoms. The fraction of sp³-hybridized carbons (Fsp3) is 0.353. The Morgan fingerprint density at radius 1 is 1.25 bits per heavy atom.